The first-order valence-electron chi connectivity index (χ1n) is 7.31. The fraction of sp³-hybridized carbons (Fsp3) is 0.643. The molecule has 1 aliphatic rings. The molecule has 1 saturated heterocycles. The van der Waals surface area contributed by atoms with Crippen LogP contribution in [0, 0.1) is 6.92 Å². The third kappa shape index (κ3) is 3.41. The highest BCUT2D eigenvalue weighted by atomic mass is 32.1. The number of hydrogen-bond acceptors (Lipinski definition) is 4. The number of carbonyl (C=O) groups excluding carboxylic acids is 1. The molecule has 0 saturated carbocycles. The first-order valence-corrected chi connectivity index (χ1v) is 7.72. The van der Waals surface area contributed by atoms with Crippen molar-refractivity contribution in [2.45, 2.75) is 33.4 Å². The van der Waals surface area contributed by atoms with E-state index in [-0.39, 0.29) is 11.9 Å². The first kappa shape index (κ1) is 15.9. The second kappa shape index (κ2) is 6.53. The van der Waals surface area contributed by atoms with Gasteiger partial charge in [0.15, 0.2) is 0 Å². The number of piperazine rings is 1. The number of rotatable bonds is 4. The summed E-state index contributed by atoms with van der Waals surface area (Å²) in [4.78, 5) is 17.2. The van der Waals surface area contributed by atoms with Crippen molar-refractivity contribution in [2.24, 2.45) is 5.73 Å². The van der Waals surface area contributed by atoms with E-state index in [0.29, 0.717) is 30.3 Å². The van der Waals surface area contributed by atoms with Crippen molar-refractivity contribution < 1.29 is 4.79 Å². The van der Waals surface area contributed by atoms with Crippen LogP contribution in [0.2, 0.25) is 0 Å². The zero-order valence-corrected chi connectivity index (χ0v) is 13.7. The lowest BCUT2D eigenvalue weighted by molar-refractivity contribution is 0.0610. The number of aromatic nitrogens is 2. The average molecular weight is 309 g/mol. The summed E-state index contributed by atoms with van der Waals surface area (Å²) in [7, 11) is 0. The van der Waals surface area contributed by atoms with Gasteiger partial charge in [0, 0.05) is 32.7 Å². The van der Waals surface area contributed by atoms with Crippen molar-refractivity contribution in [1.29, 1.82) is 0 Å². The van der Waals surface area contributed by atoms with E-state index in [9.17, 15) is 4.79 Å². The van der Waals surface area contributed by atoms with Crippen LogP contribution < -0.4 is 5.73 Å². The molecule has 2 heterocycles. The molecule has 0 aromatic carbocycles. The van der Waals surface area contributed by atoms with Gasteiger partial charge in [-0.3, -0.25) is 14.4 Å². The lowest BCUT2D eigenvalue weighted by Crippen LogP contribution is -2.54. The van der Waals surface area contributed by atoms with Crippen LogP contribution >= 0.6 is 12.2 Å². The largest absolute Gasteiger partial charge is 0.392 e. The minimum Gasteiger partial charge on any atom is -0.392 e. The number of thiocarbonyl (C=S) groups is 1. The summed E-state index contributed by atoms with van der Waals surface area (Å²) in [6, 6.07) is 1.94. The molecule has 1 amide bonds. The van der Waals surface area contributed by atoms with Gasteiger partial charge in [0.25, 0.3) is 5.91 Å². The van der Waals surface area contributed by atoms with Gasteiger partial charge in [-0.1, -0.05) is 12.2 Å². The van der Waals surface area contributed by atoms with Crippen LogP contribution in [0.15, 0.2) is 6.07 Å². The van der Waals surface area contributed by atoms with E-state index in [2.05, 4.69) is 10.00 Å². The smallest absolute Gasteiger partial charge is 0.272 e. The quantitative estimate of drug-likeness (QED) is 0.827. The third-order valence-corrected chi connectivity index (χ3v) is 4.32. The van der Waals surface area contributed by atoms with E-state index in [1.807, 2.05) is 31.7 Å². The molecule has 2 rings (SSSR count). The Kier molecular flexibility index (Phi) is 4.95. The Balaban J connectivity index is 2.01. The van der Waals surface area contributed by atoms with Gasteiger partial charge in [0.1, 0.15) is 5.69 Å². The molecule has 0 spiro atoms. The molecule has 1 aliphatic heterocycles. The zero-order valence-electron chi connectivity index (χ0n) is 12.9. The fourth-order valence-electron chi connectivity index (χ4n) is 2.61. The summed E-state index contributed by atoms with van der Waals surface area (Å²) in [6.07, 6.45) is 0. The molecule has 1 aromatic heterocycles. The lowest BCUT2D eigenvalue weighted by atomic mass is 10.2. The Morgan fingerprint density at radius 2 is 2.05 bits per heavy atom. The highest BCUT2D eigenvalue weighted by molar-refractivity contribution is 7.80. The molecule has 1 unspecified atom stereocenters. The predicted molar refractivity (Wildman–Crippen MR) is 86.4 cm³/mol. The molecule has 1 aromatic rings. The molecule has 116 valence electrons. The van der Waals surface area contributed by atoms with Gasteiger partial charge in [-0.25, -0.2) is 0 Å². The van der Waals surface area contributed by atoms with Gasteiger partial charge in [-0.15, -0.1) is 0 Å². The maximum absolute atomic E-state index is 12.6. The number of hydrogen-bond donors (Lipinski definition) is 1. The number of nitrogens with two attached hydrogens (primary N) is 1. The van der Waals surface area contributed by atoms with E-state index in [0.717, 1.165) is 18.8 Å². The molecule has 0 aliphatic carbocycles. The lowest BCUT2D eigenvalue weighted by Gasteiger charge is -2.37. The first-order chi connectivity index (χ1) is 9.93. The Labute approximate surface area is 130 Å². The van der Waals surface area contributed by atoms with Crippen molar-refractivity contribution in [2.75, 3.05) is 26.2 Å². The number of aryl methyl sites for hydroxylation is 2. The highest BCUT2D eigenvalue weighted by Gasteiger charge is 2.27. The van der Waals surface area contributed by atoms with E-state index in [1.54, 1.807) is 4.68 Å². The minimum atomic E-state index is 0.0556. The highest BCUT2D eigenvalue weighted by Crippen LogP contribution is 2.12. The summed E-state index contributed by atoms with van der Waals surface area (Å²) < 4.78 is 1.77. The van der Waals surface area contributed by atoms with Gasteiger partial charge in [0.2, 0.25) is 0 Å². The molecule has 1 atom stereocenters. The molecule has 6 nitrogen and oxygen atoms in total. The molecule has 0 bridgehead atoms. The minimum absolute atomic E-state index is 0.0556. The number of carbonyl (C=O) groups is 1. The summed E-state index contributed by atoms with van der Waals surface area (Å²) in [5.41, 5.74) is 7.24. The average Bonchev–Trinajstić information content (AvgIpc) is 2.86. The van der Waals surface area contributed by atoms with Crippen molar-refractivity contribution in [1.82, 2.24) is 19.6 Å². The molecule has 1 fully saturated rings. The Morgan fingerprint density at radius 1 is 1.43 bits per heavy atom. The van der Waals surface area contributed by atoms with Gasteiger partial charge >= 0.3 is 0 Å². The van der Waals surface area contributed by atoms with Crippen LogP contribution in [0.4, 0.5) is 0 Å². The van der Waals surface area contributed by atoms with E-state index >= 15 is 0 Å². The van der Waals surface area contributed by atoms with Crippen LogP contribution in [-0.2, 0) is 6.54 Å². The van der Waals surface area contributed by atoms with Gasteiger partial charge in [0.05, 0.1) is 16.7 Å². The van der Waals surface area contributed by atoms with Crippen LogP contribution in [-0.4, -0.2) is 62.7 Å². The van der Waals surface area contributed by atoms with E-state index in [1.165, 1.54) is 0 Å². The van der Waals surface area contributed by atoms with Gasteiger partial charge < -0.3 is 10.6 Å². The van der Waals surface area contributed by atoms with Crippen LogP contribution in [0.3, 0.4) is 0 Å². The van der Waals surface area contributed by atoms with Crippen molar-refractivity contribution in [3.63, 3.8) is 0 Å². The molecule has 0 radical (unpaired) electrons. The molecule has 21 heavy (non-hydrogen) atoms. The van der Waals surface area contributed by atoms with E-state index < -0.39 is 0 Å². The maximum Gasteiger partial charge on any atom is 0.272 e. The van der Waals surface area contributed by atoms with Gasteiger partial charge in [-0.05, 0) is 26.8 Å². The fourth-order valence-corrected chi connectivity index (χ4v) is 2.76. The van der Waals surface area contributed by atoms with Gasteiger partial charge in [-0.2, -0.15) is 5.10 Å². The normalized spacial score (nSPS) is 17.8. The van der Waals surface area contributed by atoms with Crippen LogP contribution in [0.5, 0.6) is 0 Å². The molecule has 2 N–H and O–H groups in total. The number of amides is 1. The standard InChI is InChI=1S/C14H23N5OS/c1-4-19-12(9-10(2)16-19)14(20)18-7-5-17(6-8-18)11(3)13(15)21/h9,11H,4-8H2,1-3H3,(H2,15,21). The molecular weight excluding hydrogens is 286 g/mol. The molecule has 7 heteroatoms. The van der Waals surface area contributed by atoms with Crippen molar-refractivity contribution in [3.8, 4) is 0 Å². The summed E-state index contributed by atoms with van der Waals surface area (Å²) in [6.45, 7) is 9.59. The predicted octanol–water partition coefficient (Wildman–Crippen LogP) is 0.644. The topological polar surface area (TPSA) is 67.4 Å². The van der Waals surface area contributed by atoms with Crippen LogP contribution in [0.25, 0.3) is 0 Å². The summed E-state index contributed by atoms with van der Waals surface area (Å²) in [5.74, 6) is 0.0556. The van der Waals surface area contributed by atoms with Crippen molar-refractivity contribution in [3.05, 3.63) is 17.5 Å². The Hall–Kier alpha value is -1.47. The van der Waals surface area contributed by atoms with Crippen molar-refractivity contribution >= 4 is 23.1 Å². The third-order valence-electron chi connectivity index (χ3n) is 3.98. The summed E-state index contributed by atoms with van der Waals surface area (Å²) in [5, 5.41) is 4.34. The monoisotopic (exact) mass is 309 g/mol. The molecular formula is C14H23N5OS. The van der Waals surface area contributed by atoms with Crippen LogP contribution in [0.1, 0.15) is 30.0 Å². The SMILES string of the molecule is CCn1nc(C)cc1C(=O)N1CCN(C(C)C(N)=S)CC1. The zero-order chi connectivity index (χ0) is 15.6. The summed E-state index contributed by atoms with van der Waals surface area (Å²) >= 11 is 5.04. The maximum atomic E-state index is 12.6. The second-order valence-corrected chi connectivity index (χ2v) is 5.86. The second-order valence-electron chi connectivity index (χ2n) is 5.39. The Morgan fingerprint density at radius 3 is 2.57 bits per heavy atom. The Bertz CT molecular complexity index is 533. The number of nitrogens with zero attached hydrogens (tertiary/aromatic N) is 4. The van der Waals surface area contributed by atoms with E-state index in [4.69, 9.17) is 18.0 Å².